The fourth-order valence-electron chi connectivity index (χ4n) is 2.81. The minimum absolute atomic E-state index is 0.879. The van der Waals surface area contributed by atoms with Crippen LogP contribution in [0.3, 0.4) is 0 Å². The van der Waals surface area contributed by atoms with Crippen molar-refractivity contribution in [2.45, 2.75) is 25.1 Å². The van der Waals surface area contributed by atoms with Gasteiger partial charge in [-0.2, -0.15) is 0 Å². The van der Waals surface area contributed by atoms with Gasteiger partial charge in [0.1, 0.15) is 0 Å². The largest absolute Gasteiger partial charge is 0.341 e. The second-order valence-electron chi connectivity index (χ2n) is 5.30. The summed E-state index contributed by atoms with van der Waals surface area (Å²) in [6, 6.07) is 13.4. The molecule has 2 aromatic carbocycles. The van der Waals surface area contributed by atoms with Crippen LogP contribution >= 0.6 is 31.9 Å². The van der Waals surface area contributed by atoms with Crippen LogP contribution < -0.4 is 4.90 Å². The molecule has 104 valence electrons. The molecule has 3 rings (SSSR count). The Bertz CT molecular complexity index is 637. The molecule has 0 saturated carbocycles. The molecule has 1 aliphatic rings. The van der Waals surface area contributed by atoms with Crippen LogP contribution in [-0.4, -0.2) is 6.54 Å². The molecular formula is C17H17Br2N. The number of nitrogens with zero attached hydrogens (tertiary/aromatic N) is 1. The van der Waals surface area contributed by atoms with E-state index < -0.39 is 0 Å². The highest BCUT2D eigenvalue weighted by Crippen LogP contribution is 2.36. The molecule has 0 aliphatic carbocycles. The molecule has 1 nitrogen and oxygen atoms in total. The number of anilines is 2. The van der Waals surface area contributed by atoms with Crippen molar-refractivity contribution in [1.82, 2.24) is 0 Å². The lowest BCUT2D eigenvalue weighted by molar-refractivity contribution is 0.766. The molecule has 0 N–H and O–H groups in total. The van der Waals surface area contributed by atoms with Gasteiger partial charge in [-0.3, -0.25) is 0 Å². The Morgan fingerprint density at radius 1 is 1.15 bits per heavy atom. The molecule has 0 saturated heterocycles. The van der Waals surface area contributed by atoms with Crippen molar-refractivity contribution in [1.29, 1.82) is 0 Å². The summed E-state index contributed by atoms with van der Waals surface area (Å²) < 4.78 is 1.17. The van der Waals surface area contributed by atoms with Gasteiger partial charge in [-0.25, -0.2) is 0 Å². The van der Waals surface area contributed by atoms with Gasteiger partial charge >= 0.3 is 0 Å². The first-order chi connectivity index (χ1) is 9.69. The van der Waals surface area contributed by atoms with Gasteiger partial charge in [0, 0.05) is 27.7 Å². The molecule has 0 amide bonds. The molecule has 0 radical (unpaired) electrons. The number of rotatable bonds is 2. The topological polar surface area (TPSA) is 3.24 Å². The summed E-state index contributed by atoms with van der Waals surface area (Å²) in [5.74, 6) is 0. The Labute approximate surface area is 137 Å². The maximum Gasteiger partial charge on any atom is 0.0443 e. The van der Waals surface area contributed by atoms with Crippen LogP contribution in [0.4, 0.5) is 11.4 Å². The third kappa shape index (κ3) is 2.66. The van der Waals surface area contributed by atoms with Gasteiger partial charge in [-0.15, -0.1) is 0 Å². The fraction of sp³-hybridized carbons (Fsp3) is 0.294. The number of halogens is 2. The van der Waals surface area contributed by atoms with E-state index in [4.69, 9.17) is 0 Å². The Morgan fingerprint density at radius 2 is 2.00 bits per heavy atom. The summed E-state index contributed by atoms with van der Waals surface area (Å²) in [5.41, 5.74) is 6.74. The monoisotopic (exact) mass is 393 g/mol. The zero-order chi connectivity index (χ0) is 14.1. The van der Waals surface area contributed by atoms with Gasteiger partial charge < -0.3 is 4.90 Å². The summed E-state index contributed by atoms with van der Waals surface area (Å²) in [6.07, 6.45) is 2.41. The molecule has 0 fully saturated rings. The van der Waals surface area contributed by atoms with Gasteiger partial charge in [0.05, 0.1) is 0 Å². The summed E-state index contributed by atoms with van der Waals surface area (Å²) in [4.78, 5) is 2.43. The molecule has 0 aromatic heterocycles. The van der Waals surface area contributed by atoms with E-state index in [1.807, 2.05) is 0 Å². The van der Waals surface area contributed by atoms with Gasteiger partial charge in [-0.05, 0) is 49.1 Å². The molecule has 2 aromatic rings. The van der Waals surface area contributed by atoms with E-state index >= 15 is 0 Å². The summed E-state index contributed by atoms with van der Waals surface area (Å²) in [7, 11) is 0. The normalized spacial score (nSPS) is 14.2. The third-order valence-corrected chi connectivity index (χ3v) is 5.19. The summed E-state index contributed by atoms with van der Waals surface area (Å²) in [5, 5.41) is 0.879. The molecule has 20 heavy (non-hydrogen) atoms. The average molecular weight is 395 g/mol. The lowest BCUT2D eigenvalue weighted by Gasteiger charge is -2.32. The molecule has 1 heterocycles. The van der Waals surface area contributed by atoms with E-state index in [0.717, 1.165) is 11.9 Å². The van der Waals surface area contributed by atoms with Crippen LogP contribution in [0.2, 0.25) is 0 Å². The second-order valence-corrected chi connectivity index (χ2v) is 6.71. The van der Waals surface area contributed by atoms with Crippen molar-refractivity contribution in [3.05, 3.63) is 57.6 Å². The minimum Gasteiger partial charge on any atom is -0.341 e. The van der Waals surface area contributed by atoms with Crippen LogP contribution in [0, 0.1) is 6.92 Å². The van der Waals surface area contributed by atoms with Crippen LogP contribution in [-0.2, 0) is 11.8 Å². The zero-order valence-corrected chi connectivity index (χ0v) is 14.7. The standard InChI is InChI=1S/C17H17Br2N/c1-12-4-7-17-13(9-12)3-2-8-20(17)15-6-5-14(11-18)16(19)10-15/h4-7,9-10H,2-3,8,11H2,1H3. The highest BCUT2D eigenvalue weighted by Gasteiger charge is 2.18. The first kappa shape index (κ1) is 14.2. The highest BCUT2D eigenvalue weighted by molar-refractivity contribution is 9.10. The second kappa shape index (κ2) is 5.90. The maximum atomic E-state index is 3.67. The Balaban J connectivity index is 2.02. The lowest BCUT2D eigenvalue weighted by atomic mass is 9.99. The molecule has 0 unspecified atom stereocenters. The number of hydrogen-bond acceptors (Lipinski definition) is 1. The Morgan fingerprint density at radius 3 is 2.75 bits per heavy atom. The smallest absolute Gasteiger partial charge is 0.0443 e. The molecule has 0 atom stereocenters. The summed E-state index contributed by atoms with van der Waals surface area (Å²) in [6.45, 7) is 3.26. The van der Waals surface area contributed by atoms with E-state index in [9.17, 15) is 0 Å². The van der Waals surface area contributed by atoms with Crippen molar-refractivity contribution in [2.75, 3.05) is 11.4 Å². The van der Waals surface area contributed by atoms with Crippen LogP contribution in [0.1, 0.15) is 23.1 Å². The minimum atomic E-state index is 0.879. The zero-order valence-electron chi connectivity index (χ0n) is 11.5. The molecule has 0 spiro atoms. The maximum absolute atomic E-state index is 3.67. The predicted octanol–water partition coefficient (Wildman–Crippen LogP) is 5.74. The number of alkyl halides is 1. The van der Waals surface area contributed by atoms with Crippen LogP contribution in [0.15, 0.2) is 40.9 Å². The molecule has 1 aliphatic heterocycles. The van der Waals surface area contributed by atoms with Crippen LogP contribution in [0.5, 0.6) is 0 Å². The Kier molecular flexibility index (Phi) is 4.18. The van der Waals surface area contributed by atoms with Crippen molar-refractivity contribution in [3.63, 3.8) is 0 Å². The first-order valence-electron chi connectivity index (χ1n) is 6.90. The van der Waals surface area contributed by atoms with Crippen LogP contribution in [0.25, 0.3) is 0 Å². The molecular weight excluding hydrogens is 378 g/mol. The van der Waals surface area contributed by atoms with Crippen molar-refractivity contribution < 1.29 is 0 Å². The van der Waals surface area contributed by atoms with E-state index in [-0.39, 0.29) is 0 Å². The quantitative estimate of drug-likeness (QED) is 0.587. The van der Waals surface area contributed by atoms with Crippen molar-refractivity contribution >= 4 is 43.2 Å². The molecule has 3 heteroatoms. The third-order valence-electron chi connectivity index (χ3n) is 3.85. The SMILES string of the molecule is Cc1ccc2c(c1)CCCN2c1ccc(CBr)c(Br)c1. The van der Waals surface area contributed by atoms with Crippen molar-refractivity contribution in [3.8, 4) is 0 Å². The highest BCUT2D eigenvalue weighted by atomic mass is 79.9. The van der Waals surface area contributed by atoms with Gasteiger partial charge in [0.15, 0.2) is 0 Å². The van der Waals surface area contributed by atoms with E-state index in [2.05, 4.69) is 80.1 Å². The predicted molar refractivity (Wildman–Crippen MR) is 93.3 cm³/mol. The van der Waals surface area contributed by atoms with E-state index in [1.54, 1.807) is 0 Å². The van der Waals surface area contributed by atoms with Gasteiger partial charge in [0.2, 0.25) is 0 Å². The van der Waals surface area contributed by atoms with E-state index in [1.165, 1.54) is 45.4 Å². The van der Waals surface area contributed by atoms with Gasteiger partial charge in [-0.1, -0.05) is 55.6 Å². The number of hydrogen-bond donors (Lipinski definition) is 0. The fourth-order valence-corrected chi connectivity index (χ4v) is 4.18. The van der Waals surface area contributed by atoms with E-state index in [0.29, 0.717) is 0 Å². The Hall–Kier alpha value is -0.800. The van der Waals surface area contributed by atoms with Gasteiger partial charge in [0.25, 0.3) is 0 Å². The number of fused-ring (bicyclic) bond motifs is 1. The first-order valence-corrected chi connectivity index (χ1v) is 8.82. The van der Waals surface area contributed by atoms with Crippen molar-refractivity contribution in [2.24, 2.45) is 0 Å². The number of aryl methyl sites for hydroxylation is 2. The number of benzene rings is 2. The lowest BCUT2D eigenvalue weighted by Crippen LogP contribution is -2.24. The summed E-state index contributed by atoms with van der Waals surface area (Å²) >= 11 is 7.19. The molecule has 0 bridgehead atoms. The average Bonchev–Trinajstić information content (AvgIpc) is 2.46.